The van der Waals surface area contributed by atoms with Crippen LogP contribution in [0, 0.1) is 11.6 Å². The average molecular weight is 298 g/mol. The van der Waals surface area contributed by atoms with Gasteiger partial charge < -0.3 is 10.5 Å². The highest BCUT2D eigenvalue weighted by Gasteiger charge is 2.22. The first-order chi connectivity index (χ1) is 10.1. The summed E-state index contributed by atoms with van der Waals surface area (Å²) in [6, 6.07) is 3.56. The van der Waals surface area contributed by atoms with Crippen molar-refractivity contribution in [3.63, 3.8) is 0 Å². The van der Waals surface area contributed by atoms with Crippen molar-refractivity contribution < 1.29 is 13.5 Å². The minimum atomic E-state index is -0.842. The molecule has 0 bridgehead atoms. The number of benzene rings is 1. The number of hydrogen-bond acceptors (Lipinski definition) is 3. The van der Waals surface area contributed by atoms with E-state index in [1.807, 2.05) is 0 Å². The van der Waals surface area contributed by atoms with Crippen LogP contribution in [-0.4, -0.2) is 37.2 Å². The molecule has 0 radical (unpaired) electrons. The number of hydrogen-bond donors (Lipinski definition) is 1. The number of nitrogens with zero attached hydrogens (tertiary/aromatic N) is 1. The lowest BCUT2D eigenvalue weighted by molar-refractivity contribution is -0.00139. The average Bonchev–Trinajstić information content (AvgIpc) is 2.48. The smallest absolute Gasteiger partial charge is 0.159 e. The fourth-order valence-corrected chi connectivity index (χ4v) is 2.73. The molecule has 2 unspecified atom stereocenters. The molecule has 0 aromatic heterocycles. The number of likely N-dealkylation sites (tertiary alicyclic amines) is 1. The summed E-state index contributed by atoms with van der Waals surface area (Å²) < 4.78 is 32.0. The molecule has 1 aromatic rings. The second-order valence-electron chi connectivity index (χ2n) is 5.67. The van der Waals surface area contributed by atoms with Crippen molar-refractivity contribution in [2.75, 3.05) is 26.2 Å². The highest BCUT2D eigenvalue weighted by Crippen LogP contribution is 2.19. The molecule has 21 heavy (non-hydrogen) atoms. The molecule has 2 N–H and O–H groups in total. The Morgan fingerprint density at radius 2 is 2.19 bits per heavy atom. The van der Waals surface area contributed by atoms with E-state index < -0.39 is 11.6 Å². The van der Waals surface area contributed by atoms with E-state index in [0.717, 1.165) is 45.0 Å². The van der Waals surface area contributed by atoms with Crippen LogP contribution in [0.2, 0.25) is 0 Å². The van der Waals surface area contributed by atoms with Crippen LogP contribution in [0.15, 0.2) is 18.2 Å². The van der Waals surface area contributed by atoms with Crippen molar-refractivity contribution in [2.45, 2.75) is 38.3 Å². The highest BCUT2D eigenvalue weighted by molar-refractivity contribution is 5.21. The first-order valence-corrected chi connectivity index (χ1v) is 7.64. The van der Waals surface area contributed by atoms with Crippen LogP contribution in [0.4, 0.5) is 8.78 Å². The standard InChI is InChI=1S/C16H24F2N2O/c1-2-8-21-13-4-3-7-20(10-13)11-16(19)12-5-6-14(17)15(18)9-12/h5-6,9,13,16H,2-4,7-8,10-11,19H2,1H3. The highest BCUT2D eigenvalue weighted by atomic mass is 19.2. The number of rotatable bonds is 6. The van der Waals surface area contributed by atoms with Crippen LogP contribution in [0.1, 0.15) is 37.8 Å². The van der Waals surface area contributed by atoms with Gasteiger partial charge in [0.25, 0.3) is 0 Å². The van der Waals surface area contributed by atoms with Gasteiger partial charge in [-0.15, -0.1) is 0 Å². The van der Waals surface area contributed by atoms with Gasteiger partial charge in [0.15, 0.2) is 11.6 Å². The minimum absolute atomic E-state index is 0.260. The van der Waals surface area contributed by atoms with E-state index in [4.69, 9.17) is 10.5 Å². The van der Waals surface area contributed by atoms with Crippen molar-refractivity contribution in [3.05, 3.63) is 35.4 Å². The molecule has 0 saturated carbocycles. The number of nitrogens with two attached hydrogens (primary N) is 1. The van der Waals surface area contributed by atoms with Gasteiger partial charge in [0, 0.05) is 25.7 Å². The second-order valence-corrected chi connectivity index (χ2v) is 5.67. The van der Waals surface area contributed by atoms with Gasteiger partial charge in [-0.1, -0.05) is 13.0 Å². The van der Waals surface area contributed by atoms with Gasteiger partial charge in [-0.05, 0) is 43.5 Å². The van der Waals surface area contributed by atoms with Crippen molar-refractivity contribution in [3.8, 4) is 0 Å². The Hall–Kier alpha value is -1.04. The summed E-state index contributed by atoms with van der Waals surface area (Å²) >= 11 is 0. The lowest BCUT2D eigenvalue weighted by atomic mass is 10.0. The van der Waals surface area contributed by atoms with Crippen LogP contribution in [0.25, 0.3) is 0 Å². The predicted octanol–water partition coefficient (Wildman–Crippen LogP) is 2.86. The summed E-state index contributed by atoms with van der Waals surface area (Å²) in [6.07, 6.45) is 3.44. The third-order valence-electron chi connectivity index (χ3n) is 3.85. The van der Waals surface area contributed by atoms with E-state index in [0.29, 0.717) is 12.1 Å². The molecule has 118 valence electrons. The van der Waals surface area contributed by atoms with Crippen LogP contribution in [0.3, 0.4) is 0 Å². The van der Waals surface area contributed by atoms with Gasteiger partial charge in [0.1, 0.15) is 0 Å². The number of halogens is 2. The van der Waals surface area contributed by atoms with Crippen LogP contribution < -0.4 is 5.73 Å². The summed E-state index contributed by atoms with van der Waals surface area (Å²) in [5, 5.41) is 0. The van der Waals surface area contributed by atoms with E-state index in [9.17, 15) is 8.78 Å². The molecule has 5 heteroatoms. The van der Waals surface area contributed by atoms with Gasteiger partial charge in [0.05, 0.1) is 6.10 Å². The summed E-state index contributed by atoms with van der Waals surface area (Å²) in [6.45, 7) is 5.35. The molecule has 1 aliphatic rings. The SMILES string of the molecule is CCCOC1CCCN(CC(N)c2ccc(F)c(F)c2)C1. The van der Waals surface area contributed by atoms with Gasteiger partial charge in [0.2, 0.25) is 0 Å². The first kappa shape index (κ1) is 16.3. The Morgan fingerprint density at radius 3 is 2.90 bits per heavy atom. The van der Waals surface area contributed by atoms with E-state index >= 15 is 0 Å². The number of piperidine rings is 1. The third-order valence-corrected chi connectivity index (χ3v) is 3.85. The zero-order valence-electron chi connectivity index (χ0n) is 12.5. The third kappa shape index (κ3) is 4.73. The topological polar surface area (TPSA) is 38.5 Å². The van der Waals surface area contributed by atoms with E-state index in [-0.39, 0.29) is 12.1 Å². The van der Waals surface area contributed by atoms with Gasteiger partial charge in [-0.25, -0.2) is 8.78 Å². The Labute approximate surface area is 125 Å². The molecule has 2 rings (SSSR count). The van der Waals surface area contributed by atoms with Crippen LogP contribution in [0.5, 0.6) is 0 Å². The quantitative estimate of drug-likeness (QED) is 0.877. The van der Waals surface area contributed by atoms with E-state index in [2.05, 4.69) is 11.8 Å². The molecule has 3 nitrogen and oxygen atoms in total. The Morgan fingerprint density at radius 1 is 1.38 bits per heavy atom. The Kier molecular flexibility index (Phi) is 6.08. The van der Waals surface area contributed by atoms with Gasteiger partial charge in [-0.2, -0.15) is 0 Å². The zero-order valence-corrected chi connectivity index (χ0v) is 12.5. The minimum Gasteiger partial charge on any atom is -0.377 e. The summed E-state index contributed by atoms with van der Waals surface area (Å²) in [5.74, 6) is -1.68. The molecular weight excluding hydrogens is 274 g/mol. The van der Waals surface area contributed by atoms with E-state index in [1.54, 1.807) is 6.07 Å². The summed E-state index contributed by atoms with van der Waals surface area (Å²) in [5.41, 5.74) is 6.75. The lowest BCUT2D eigenvalue weighted by Gasteiger charge is -2.34. The normalized spacial score (nSPS) is 21.4. The van der Waals surface area contributed by atoms with Crippen molar-refractivity contribution in [2.24, 2.45) is 5.73 Å². The Balaban J connectivity index is 1.89. The molecule has 1 fully saturated rings. The fraction of sp³-hybridized carbons (Fsp3) is 0.625. The number of ether oxygens (including phenoxy) is 1. The maximum Gasteiger partial charge on any atom is 0.159 e. The fourth-order valence-electron chi connectivity index (χ4n) is 2.73. The molecule has 0 amide bonds. The monoisotopic (exact) mass is 298 g/mol. The molecule has 1 heterocycles. The summed E-state index contributed by atoms with van der Waals surface area (Å²) in [4.78, 5) is 2.25. The molecular formula is C16H24F2N2O. The maximum absolute atomic E-state index is 13.3. The van der Waals surface area contributed by atoms with Gasteiger partial charge >= 0.3 is 0 Å². The maximum atomic E-state index is 13.3. The van der Waals surface area contributed by atoms with Crippen molar-refractivity contribution >= 4 is 0 Å². The molecule has 2 atom stereocenters. The van der Waals surface area contributed by atoms with Crippen molar-refractivity contribution in [1.82, 2.24) is 4.90 Å². The Bertz CT molecular complexity index is 456. The van der Waals surface area contributed by atoms with E-state index in [1.165, 1.54) is 6.07 Å². The zero-order chi connectivity index (χ0) is 15.2. The first-order valence-electron chi connectivity index (χ1n) is 7.64. The molecule has 1 aliphatic heterocycles. The predicted molar refractivity (Wildman–Crippen MR) is 79.0 cm³/mol. The largest absolute Gasteiger partial charge is 0.377 e. The van der Waals surface area contributed by atoms with Crippen molar-refractivity contribution in [1.29, 1.82) is 0 Å². The molecule has 0 spiro atoms. The van der Waals surface area contributed by atoms with Crippen LogP contribution in [-0.2, 0) is 4.74 Å². The van der Waals surface area contributed by atoms with Crippen LogP contribution >= 0.6 is 0 Å². The van der Waals surface area contributed by atoms with Gasteiger partial charge in [-0.3, -0.25) is 4.90 Å². The second kappa shape index (κ2) is 7.82. The summed E-state index contributed by atoms with van der Waals surface area (Å²) in [7, 11) is 0. The lowest BCUT2D eigenvalue weighted by Crippen LogP contribution is -2.43. The molecule has 1 saturated heterocycles. The molecule has 0 aliphatic carbocycles. The molecule has 1 aromatic carbocycles.